The lowest BCUT2D eigenvalue weighted by Gasteiger charge is -2.43. The van der Waals surface area contributed by atoms with Crippen molar-refractivity contribution in [3.8, 4) is 0 Å². The molecular formula is C28H25F3O3P2. The minimum atomic E-state index is -5.48. The largest absolute Gasteiger partial charge is 0.432 e. The summed E-state index contributed by atoms with van der Waals surface area (Å²) in [5.41, 5.74) is 0.679. The Balaban J connectivity index is 2.06. The van der Waals surface area contributed by atoms with Gasteiger partial charge in [0, 0.05) is 22.9 Å². The highest BCUT2D eigenvalue weighted by molar-refractivity contribution is 7.89. The molecule has 0 aliphatic heterocycles. The molecule has 4 rings (SSSR count). The summed E-state index contributed by atoms with van der Waals surface area (Å²) in [5, 5.41) is 7.57. The van der Waals surface area contributed by atoms with E-state index in [0.717, 1.165) is 0 Å². The van der Waals surface area contributed by atoms with Gasteiger partial charge in [0.2, 0.25) is 0 Å². The van der Waals surface area contributed by atoms with Gasteiger partial charge in [-0.1, -0.05) is 121 Å². The van der Waals surface area contributed by atoms with Crippen molar-refractivity contribution in [2.45, 2.75) is 23.6 Å². The van der Waals surface area contributed by atoms with Crippen LogP contribution in [0.15, 0.2) is 121 Å². The predicted octanol–water partition coefficient (Wildman–Crippen LogP) is 6.97. The van der Waals surface area contributed by atoms with E-state index in [1.807, 2.05) is 0 Å². The summed E-state index contributed by atoms with van der Waals surface area (Å²) in [7, 11) is -9.79. The van der Waals surface area contributed by atoms with Crippen LogP contribution in [0.1, 0.15) is 11.1 Å². The quantitative estimate of drug-likeness (QED) is 0.251. The molecule has 0 aliphatic rings. The molecule has 1 N–H and O–H groups in total. The Morgan fingerprint density at radius 1 is 0.528 bits per heavy atom. The van der Waals surface area contributed by atoms with Crippen molar-refractivity contribution in [2.75, 3.05) is 0 Å². The molecule has 0 aliphatic carbocycles. The van der Waals surface area contributed by atoms with Crippen LogP contribution in [0, 0.1) is 0 Å². The summed E-state index contributed by atoms with van der Waals surface area (Å²) < 4.78 is 75.7. The molecule has 8 heteroatoms. The topological polar surface area (TPSA) is 54.4 Å². The molecule has 0 spiro atoms. The smallest absolute Gasteiger partial charge is 0.367 e. The molecule has 0 radical (unpaired) electrons. The Morgan fingerprint density at radius 3 is 1.08 bits per heavy atom. The van der Waals surface area contributed by atoms with Gasteiger partial charge in [-0.05, 0) is 11.1 Å². The van der Waals surface area contributed by atoms with Crippen molar-refractivity contribution in [1.82, 2.24) is 0 Å². The number of halogens is 3. The number of rotatable bonds is 8. The van der Waals surface area contributed by atoms with Crippen molar-refractivity contribution in [1.29, 1.82) is 0 Å². The monoisotopic (exact) mass is 528 g/mol. The summed E-state index contributed by atoms with van der Waals surface area (Å²) in [6.45, 7) is 0. The molecule has 0 aromatic heterocycles. The second-order valence-electron chi connectivity index (χ2n) is 8.57. The lowest BCUT2D eigenvalue weighted by Crippen LogP contribution is -2.49. The molecule has 186 valence electrons. The first-order valence-corrected chi connectivity index (χ1v) is 15.1. The maximum absolute atomic E-state index is 15.3. The Bertz CT molecular complexity index is 1280. The van der Waals surface area contributed by atoms with Gasteiger partial charge in [-0.3, -0.25) is 0 Å². The van der Waals surface area contributed by atoms with Gasteiger partial charge in [0.1, 0.15) is 0 Å². The zero-order chi connectivity index (χ0) is 25.9. The second-order valence-corrected chi connectivity index (χ2v) is 14.8. The normalized spacial score (nSPS) is 16.9. The van der Waals surface area contributed by atoms with Gasteiger partial charge < -0.3 is 14.2 Å². The van der Waals surface area contributed by atoms with E-state index < -0.39 is 37.9 Å². The Labute approximate surface area is 208 Å². The van der Waals surface area contributed by atoms with E-state index in [1.54, 1.807) is 72.8 Å². The minimum Gasteiger partial charge on any atom is -0.367 e. The van der Waals surface area contributed by atoms with E-state index in [9.17, 15) is 14.2 Å². The van der Waals surface area contributed by atoms with Crippen LogP contribution in [0.3, 0.4) is 0 Å². The lowest BCUT2D eigenvalue weighted by atomic mass is 10.2. The molecule has 0 saturated carbocycles. The molecule has 36 heavy (non-hydrogen) atoms. The average Bonchev–Trinajstić information content (AvgIpc) is 2.89. The molecule has 0 saturated heterocycles. The van der Waals surface area contributed by atoms with Gasteiger partial charge >= 0.3 is 6.18 Å². The minimum absolute atomic E-state index is 0.183. The highest BCUT2D eigenvalue weighted by Gasteiger charge is 2.74. The zero-order valence-corrected chi connectivity index (χ0v) is 21.0. The zero-order valence-electron chi connectivity index (χ0n) is 19.3. The van der Waals surface area contributed by atoms with Crippen LogP contribution in [-0.4, -0.2) is 16.4 Å². The van der Waals surface area contributed by atoms with Crippen molar-refractivity contribution >= 4 is 24.9 Å². The van der Waals surface area contributed by atoms with Gasteiger partial charge in [0.25, 0.3) is 5.08 Å². The SMILES string of the molecule is O=P(Cc1ccccc1)(c1ccccc1)C(O)(C(F)(F)F)P(=O)(Cc1ccccc1)c1ccccc1. The molecule has 2 atom stereocenters. The van der Waals surface area contributed by atoms with E-state index in [1.165, 1.54) is 48.5 Å². The summed E-state index contributed by atoms with van der Waals surface area (Å²) in [5.74, 6) is 0. The molecule has 3 nitrogen and oxygen atoms in total. The van der Waals surface area contributed by atoms with Crippen LogP contribution < -0.4 is 10.6 Å². The summed E-state index contributed by atoms with van der Waals surface area (Å²) >= 11 is 0. The third-order valence-corrected chi connectivity index (χ3v) is 14.6. The van der Waals surface area contributed by atoms with Crippen LogP contribution in [0.5, 0.6) is 0 Å². The Hall–Kier alpha value is -2.91. The third-order valence-electron chi connectivity index (χ3n) is 6.23. The fourth-order valence-electron chi connectivity index (χ4n) is 4.45. The van der Waals surface area contributed by atoms with Crippen molar-refractivity contribution in [3.63, 3.8) is 0 Å². The molecule has 0 bridgehead atoms. The summed E-state index contributed by atoms with van der Waals surface area (Å²) in [6.07, 6.45) is -6.70. The average molecular weight is 528 g/mol. The third kappa shape index (κ3) is 4.62. The first-order valence-electron chi connectivity index (χ1n) is 11.3. The van der Waals surface area contributed by atoms with E-state index in [2.05, 4.69) is 0 Å². The van der Waals surface area contributed by atoms with E-state index in [0.29, 0.717) is 11.1 Å². The maximum atomic E-state index is 15.3. The molecule has 2 unspecified atom stereocenters. The van der Waals surface area contributed by atoms with Crippen molar-refractivity contribution in [2.24, 2.45) is 0 Å². The highest BCUT2D eigenvalue weighted by atomic mass is 31.2. The first kappa shape index (κ1) is 26.2. The summed E-state index contributed by atoms with van der Waals surface area (Å²) in [6, 6.07) is 30.3. The number of hydrogen-bond donors (Lipinski definition) is 1. The van der Waals surface area contributed by atoms with Gasteiger partial charge in [0.05, 0.1) is 0 Å². The molecular weight excluding hydrogens is 503 g/mol. The highest BCUT2D eigenvalue weighted by Crippen LogP contribution is 2.80. The van der Waals surface area contributed by atoms with Crippen molar-refractivity contribution in [3.05, 3.63) is 132 Å². The van der Waals surface area contributed by atoms with E-state index in [4.69, 9.17) is 0 Å². The maximum Gasteiger partial charge on any atom is 0.432 e. The van der Waals surface area contributed by atoms with Crippen LogP contribution in [0.25, 0.3) is 0 Å². The first-order chi connectivity index (χ1) is 17.1. The number of hydrogen-bond acceptors (Lipinski definition) is 3. The molecule has 4 aromatic carbocycles. The fourth-order valence-corrected chi connectivity index (χ4v) is 12.8. The van der Waals surface area contributed by atoms with Gasteiger partial charge in [-0.2, -0.15) is 13.2 Å². The Kier molecular flexibility index (Phi) is 7.43. The van der Waals surface area contributed by atoms with E-state index in [-0.39, 0.29) is 10.6 Å². The van der Waals surface area contributed by atoms with Gasteiger partial charge in [-0.15, -0.1) is 0 Å². The number of benzene rings is 4. The molecule has 4 aromatic rings. The van der Waals surface area contributed by atoms with Crippen LogP contribution in [-0.2, 0) is 21.5 Å². The van der Waals surface area contributed by atoms with Gasteiger partial charge in [-0.25, -0.2) is 0 Å². The van der Waals surface area contributed by atoms with Crippen molar-refractivity contribution < 1.29 is 27.4 Å². The predicted molar refractivity (Wildman–Crippen MR) is 139 cm³/mol. The molecule has 0 amide bonds. The van der Waals surface area contributed by atoms with Crippen LogP contribution in [0.2, 0.25) is 0 Å². The molecule has 0 fully saturated rings. The Morgan fingerprint density at radius 2 is 0.806 bits per heavy atom. The van der Waals surface area contributed by atoms with Gasteiger partial charge in [0.15, 0.2) is 14.3 Å². The van der Waals surface area contributed by atoms with E-state index >= 15 is 13.2 Å². The number of alkyl halides is 3. The number of aliphatic hydroxyl groups is 1. The summed E-state index contributed by atoms with van der Waals surface area (Å²) in [4.78, 5) is 0. The standard InChI is InChI=1S/C28H25F3O3P2/c29-27(30,31)28(32,35(33,25-17-9-3-10-18-25)21-23-13-5-1-6-14-23)36(34,26-19-11-4-12-20-26)22-24-15-7-2-8-16-24/h1-20,32H,21-22H2. The van der Waals surface area contributed by atoms with Crippen LogP contribution >= 0.6 is 14.3 Å². The fraction of sp³-hybridized carbons (Fsp3) is 0.143. The van der Waals surface area contributed by atoms with Crippen LogP contribution in [0.4, 0.5) is 13.2 Å². The second kappa shape index (κ2) is 10.2. The lowest BCUT2D eigenvalue weighted by molar-refractivity contribution is -0.194. The molecule has 0 heterocycles.